The number of anilines is 2. The maximum absolute atomic E-state index is 13.2. The van der Waals surface area contributed by atoms with E-state index in [1.54, 1.807) is 39.9 Å². The predicted octanol–water partition coefficient (Wildman–Crippen LogP) is 1.90. The van der Waals surface area contributed by atoms with Crippen molar-refractivity contribution in [3.63, 3.8) is 0 Å². The highest BCUT2D eigenvalue weighted by Crippen LogP contribution is 2.48. The molecule has 4 N–H and O–H groups in total. The molecule has 1 saturated heterocycles. The molecule has 0 spiro atoms. The molecule has 0 aromatic carbocycles. The molecular formula is C21H21BrN6O3. The molecule has 2 aliphatic rings. The van der Waals surface area contributed by atoms with Gasteiger partial charge in [0.1, 0.15) is 28.7 Å². The number of carbonyl (C=O) groups excluding carboxylic acids is 2. The number of pyridine rings is 2. The second-order valence-electron chi connectivity index (χ2n) is 7.99. The van der Waals surface area contributed by atoms with E-state index in [9.17, 15) is 14.7 Å². The molecule has 0 bridgehead atoms. The van der Waals surface area contributed by atoms with E-state index in [1.807, 2.05) is 0 Å². The van der Waals surface area contributed by atoms with Crippen LogP contribution in [0.15, 0.2) is 41.3 Å². The van der Waals surface area contributed by atoms with Crippen LogP contribution < -0.4 is 11.1 Å². The van der Waals surface area contributed by atoms with Crippen LogP contribution in [0.2, 0.25) is 0 Å². The van der Waals surface area contributed by atoms with Crippen molar-refractivity contribution < 1.29 is 14.7 Å². The molecule has 3 aromatic rings. The lowest BCUT2D eigenvalue weighted by Gasteiger charge is -2.27. The molecule has 3 aromatic heterocycles. The fraction of sp³-hybridized carbons (Fsp3) is 0.333. The SMILES string of the molecule is Nc1c(CO)cnc2c1ccn2CC(=O)N1[C@@H]2C[C@@H]2C[C@H]1C(=O)Nc1cccc(Br)n1. The number of carbonyl (C=O) groups is 2. The molecule has 5 rings (SSSR count). The summed E-state index contributed by atoms with van der Waals surface area (Å²) in [7, 11) is 0. The van der Waals surface area contributed by atoms with Crippen LogP contribution in [0.4, 0.5) is 11.5 Å². The fourth-order valence-corrected chi connectivity index (χ4v) is 4.76. The highest BCUT2D eigenvalue weighted by molar-refractivity contribution is 9.10. The summed E-state index contributed by atoms with van der Waals surface area (Å²) < 4.78 is 2.36. The van der Waals surface area contributed by atoms with Crippen molar-refractivity contribution in [2.24, 2.45) is 5.92 Å². The van der Waals surface area contributed by atoms with Crippen LogP contribution >= 0.6 is 15.9 Å². The molecule has 9 nitrogen and oxygen atoms in total. The number of likely N-dealkylation sites (tertiary alicyclic amines) is 1. The van der Waals surface area contributed by atoms with E-state index in [0.717, 1.165) is 6.42 Å². The second-order valence-corrected chi connectivity index (χ2v) is 8.80. The third-order valence-electron chi connectivity index (χ3n) is 6.05. The lowest BCUT2D eigenvalue weighted by atomic mass is 10.1. The van der Waals surface area contributed by atoms with Crippen LogP contribution in [0, 0.1) is 5.92 Å². The van der Waals surface area contributed by atoms with E-state index >= 15 is 0 Å². The third-order valence-corrected chi connectivity index (χ3v) is 6.49. The third kappa shape index (κ3) is 3.55. The molecule has 2 fully saturated rings. The molecule has 31 heavy (non-hydrogen) atoms. The van der Waals surface area contributed by atoms with E-state index in [-0.39, 0.29) is 31.0 Å². The quantitative estimate of drug-likeness (QED) is 0.474. The fourth-order valence-electron chi connectivity index (χ4n) is 4.42. The Balaban J connectivity index is 1.35. The number of amides is 2. The van der Waals surface area contributed by atoms with Gasteiger partial charge in [-0.1, -0.05) is 6.07 Å². The minimum Gasteiger partial charge on any atom is -0.398 e. The number of nitrogen functional groups attached to an aromatic ring is 1. The van der Waals surface area contributed by atoms with Gasteiger partial charge in [0.15, 0.2) is 0 Å². The first-order valence-electron chi connectivity index (χ1n) is 10.0. The molecule has 1 saturated carbocycles. The monoisotopic (exact) mass is 484 g/mol. The number of nitrogens with two attached hydrogens (primary N) is 1. The maximum Gasteiger partial charge on any atom is 0.248 e. The van der Waals surface area contributed by atoms with Gasteiger partial charge < -0.3 is 25.6 Å². The Morgan fingerprint density at radius 2 is 2.13 bits per heavy atom. The zero-order chi connectivity index (χ0) is 21.7. The zero-order valence-electron chi connectivity index (χ0n) is 16.5. The number of hydrogen-bond acceptors (Lipinski definition) is 6. The Morgan fingerprint density at radius 3 is 2.90 bits per heavy atom. The summed E-state index contributed by atoms with van der Waals surface area (Å²) in [6, 6.07) is 6.67. The van der Waals surface area contributed by atoms with Gasteiger partial charge in [0, 0.05) is 35.1 Å². The summed E-state index contributed by atoms with van der Waals surface area (Å²) in [6.07, 6.45) is 4.87. The number of aliphatic hydroxyl groups is 1. The van der Waals surface area contributed by atoms with Crippen molar-refractivity contribution in [3.8, 4) is 0 Å². The Labute approximate surface area is 186 Å². The van der Waals surface area contributed by atoms with Crippen LogP contribution in [0.1, 0.15) is 18.4 Å². The van der Waals surface area contributed by atoms with Crippen molar-refractivity contribution in [2.75, 3.05) is 11.1 Å². The van der Waals surface area contributed by atoms with Gasteiger partial charge in [-0.3, -0.25) is 9.59 Å². The first-order valence-corrected chi connectivity index (χ1v) is 10.8. The largest absolute Gasteiger partial charge is 0.398 e. The van der Waals surface area contributed by atoms with Crippen LogP contribution in [0.3, 0.4) is 0 Å². The van der Waals surface area contributed by atoms with E-state index in [0.29, 0.717) is 45.0 Å². The van der Waals surface area contributed by atoms with Crippen molar-refractivity contribution in [1.29, 1.82) is 0 Å². The van der Waals surface area contributed by atoms with Crippen molar-refractivity contribution in [3.05, 3.63) is 46.8 Å². The maximum atomic E-state index is 13.2. The van der Waals surface area contributed by atoms with Gasteiger partial charge in [0.25, 0.3) is 0 Å². The summed E-state index contributed by atoms with van der Waals surface area (Å²) in [5, 5.41) is 12.9. The molecular weight excluding hydrogens is 464 g/mol. The summed E-state index contributed by atoms with van der Waals surface area (Å²) >= 11 is 3.30. The van der Waals surface area contributed by atoms with Crippen LogP contribution in [-0.4, -0.2) is 48.4 Å². The zero-order valence-corrected chi connectivity index (χ0v) is 18.1. The molecule has 4 heterocycles. The summed E-state index contributed by atoms with van der Waals surface area (Å²) in [6.45, 7) is -0.129. The number of aromatic nitrogens is 3. The Bertz CT molecular complexity index is 1200. The lowest BCUT2D eigenvalue weighted by molar-refractivity contribution is -0.138. The Morgan fingerprint density at radius 1 is 1.29 bits per heavy atom. The number of rotatable bonds is 5. The number of aliphatic hydroxyl groups excluding tert-OH is 1. The Hall–Kier alpha value is -2.98. The topological polar surface area (TPSA) is 126 Å². The molecule has 160 valence electrons. The van der Waals surface area contributed by atoms with Crippen LogP contribution in [-0.2, 0) is 22.7 Å². The van der Waals surface area contributed by atoms with Gasteiger partial charge in [-0.2, -0.15) is 0 Å². The van der Waals surface area contributed by atoms with E-state index in [1.165, 1.54) is 6.20 Å². The number of nitrogens with zero attached hydrogens (tertiary/aromatic N) is 4. The number of piperidine rings is 1. The Kier molecular flexibility index (Phi) is 4.90. The lowest BCUT2D eigenvalue weighted by Crippen LogP contribution is -2.46. The van der Waals surface area contributed by atoms with E-state index < -0.39 is 6.04 Å². The minimum absolute atomic E-state index is 0.0660. The number of hydrogen-bond donors (Lipinski definition) is 3. The van der Waals surface area contributed by atoms with Gasteiger partial charge >= 0.3 is 0 Å². The molecule has 0 radical (unpaired) electrons. The normalized spacial score (nSPS) is 21.9. The molecule has 2 amide bonds. The standard InChI is InChI=1S/C21H21BrN6O3/c22-16-2-1-3-17(25-16)26-21(31)15-7-11-6-14(11)28(15)18(30)9-27-5-4-13-19(23)12(10-29)8-24-20(13)27/h1-5,8,11,14-15,29H,6-7,9-10H2,(H2,23,24)(H,25,26,31)/t11-,14-,15+/m1/s1. The first-order chi connectivity index (χ1) is 15.0. The first kappa shape index (κ1) is 20.0. The molecule has 1 aliphatic heterocycles. The summed E-state index contributed by atoms with van der Waals surface area (Å²) in [4.78, 5) is 36.5. The highest BCUT2D eigenvalue weighted by Gasteiger charge is 2.56. The summed E-state index contributed by atoms with van der Waals surface area (Å²) in [5.41, 5.74) is 7.69. The van der Waals surface area contributed by atoms with Crippen molar-refractivity contribution in [1.82, 2.24) is 19.4 Å². The highest BCUT2D eigenvalue weighted by atomic mass is 79.9. The van der Waals surface area contributed by atoms with Gasteiger partial charge in [0.2, 0.25) is 11.8 Å². The molecule has 1 aliphatic carbocycles. The predicted molar refractivity (Wildman–Crippen MR) is 118 cm³/mol. The average Bonchev–Trinajstić information content (AvgIpc) is 3.21. The van der Waals surface area contributed by atoms with Crippen LogP contribution in [0.25, 0.3) is 11.0 Å². The second kappa shape index (κ2) is 7.61. The number of fused-ring (bicyclic) bond motifs is 2. The van der Waals surface area contributed by atoms with E-state index in [2.05, 4.69) is 31.2 Å². The average molecular weight is 485 g/mol. The van der Waals surface area contributed by atoms with E-state index in [4.69, 9.17) is 5.73 Å². The number of nitrogens with one attached hydrogen (secondary N) is 1. The van der Waals surface area contributed by atoms with Gasteiger partial charge in [-0.25, -0.2) is 9.97 Å². The smallest absolute Gasteiger partial charge is 0.248 e. The van der Waals surface area contributed by atoms with Gasteiger partial charge in [-0.15, -0.1) is 0 Å². The van der Waals surface area contributed by atoms with Gasteiger partial charge in [0.05, 0.1) is 6.61 Å². The minimum atomic E-state index is -0.516. The molecule has 0 unspecified atom stereocenters. The van der Waals surface area contributed by atoms with Crippen LogP contribution in [0.5, 0.6) is 0 Å². The van der Waals surface area contributed by atoms with Gasteiger partial charge in [-0.05, 0) is 52.9 Å². The van der Waals surface area contributed by atoms with Crippen molar-refractivity contribution >= 4 is 50.3 Å². The number of halogens is 1. The van der Waals surface area contributed by atoms with Crippen molar-refractivity contribution in [2.45, 2.75) is 38.1 Å². The molecule has 10 heteroatoms. The summed E-state index contributed by atoms with van der Waals surface area (Å²) in [5.74, 6) is 0.468. The molecule has 3 atom stereocenters.